The van der Waals surface area contributed by atoms with E-state index >= 15 is 0 Å². The first-order chi connectivity index (χ1) is 12.7. The van der Waals surface area contributed by atoms with E-state index in [1.54, 1.807) is 12.3 Å². The first kappa shape index (κ1) is 19.6. The van der Waals surface area contributed by atoms with Gasteiger partial charge in [-0.1, -0.05) is 19.1 Å². The van der Waals surface area contributed by atoms with Gasteiger partial charge in [0, 0.05) is 22.7 Å². The van der Waals surface area contributed by atoms with Gasteiger partial charge in [0.1, 0.15) is 0 Å². The van der Waals surface area contributed by atoms with Crippen LogP contribution in [0, 0.1) is 6.92 Å². The van der Waals surface area contributed by atoms with Crippen molar-refractivity contribution in [3.8, 4) is 0 Å². The highest BCUT2D eigenvalue weighted by atomic mass is 79.9. The molecule has 0 aliphatic carbocycles. The maximum atomic E-state index is 12.3. The molecule has 5 heteroatoms. The van der Waals surface area contributed by atoms with Crippen molar-refractivity contribution in [1.82, 2.24) is 5.43 Å². The number of rotatable bonds is 3. The van der Waals surface area contributed by atoms with E-state index in [1.807, 2.05) is 18.2 Å². The Morgan fingerprint density at radius 3 is 2.74 bits per heavy atom. The topological polar surface area (TPSA) is 44.7 Å². The number of carbonyl (C=O) groups excluding carboxylic acids is 1. The van der Waals surface area contributed by atoms with Crippen LogP contribution in [0.4, 0.5) is 5.69 Å². The highest BCUT2D eigenvalue weighted by Gasteiger charge is 2.34. The highest BCUT2D eigenvalue weighted by molar-refractivity contribution is 9.10. The molecule has 0 saturated heterocycles. The van der Waals surface area contributed by atoms with Gasteiger partial charge in [0.15, 0.2) is 0 Å². The number of fused-ring (bicyclic) bond motifs is 1. The van der Waals surface area contributed by atoms with Crippen LogP contribution in [-0.4, -0.2) is 24.7 Å². The fraction of sp³-hybridized carbons (Fsp3) is 0.364. The van der Waals surface area contributed by atoms with Crippen LogP contribution in [-0.2, 0) is 0 Å². The Morgan fingerprint density at radius 1 is 1.33 bits per heavy atom. The van der Waals surface area contributed by atoms with Crippen LogP contribution in [0.2, 0.25) is 0 Å². The maximum absolute atomic E-state index is 12.3. The third-order valence-electron chi connectivity index (χ3n) is 5.51. The number of hydrogen-bond donors (Lipinski definition) is 1. The lowest BCUT2D eigenvalue weighted by Crippen LogP contribution is -2.45. The number of halogens is 1. The van der Waals surface area contributed by atoms with Gasteiger partial charge in [-0.05, 0) is 90.0 Å². The Morgan fingerprint density at radius 2 is 2.04 bits per heavy atom. The molecule has 0 saturated carbocycles. The van der Waals surface area contributed by atoms with Crippen LogP contribution in [0.25, 0.3) is 0 Å². The molecule has 3 rings (SSSR count). The van der Waals surface area contributed by atoms with Crippen molar-refractivity contribution in [3.05, 3.63) is 63.1 Å². The molecule has 1 atom stereocenters. The molecule has 0 bridgehead atoms. The van der Waals surface area contributed by atoms with Gasteiger partial charge in [-0.2, -0.15) is 5.10 Å². The van der Waals surface area contributed by atoms with E-state index in [-0.39, 0.29) is 11.4 Å². The average molecular weight is 428 g/mol. The monoisotopic (exact) mass is 427 g/mol. The van der Waals surface area contributed by atoms with Crippen molar-refractivity contribution in [3.63, 3.8) is 0 Å². The van der Waals surface area contributed by atoms with Crippen molar-refractivity contribution in [2.45, 2.75) is 45.6 Å². The number of carbonyl (C=O) groups is 1. The molecule has 1 amide bonds. The fourth-order valence-electron chi connectivity index (χ4n) is 3.74. The molecule has 0 radical (unpaired) electrons. The van der Waals surface area contributed by atoms with E-state index in [0.717, 1.165) is 22.0 Å². The number of anilines is 1. The van der Waals surface area contributed by atoms with E-state index < -0.39 is 0 Å². The third-order valence-corrected chi connectivity index (χ3v) is 6.20. The van der Waals surface area contributed by atoms with Gasteiger partial charge in [-0.3, -0.25) is 4.79 Å². The van der Waals surface area contributed by atoms with Crippen LogP contribution in [0.1, 0.15) is 60.2 Å². The zero-order valence-corrected chi connectivity index (χ0v) is 18.1. The smallest absolute Gasteiger partial charge is 0.272 e. The molecular weight excluding hydrogens is 402 g/mol. The Balaban J connectivity index is 1.82. The summed E-state index contributed by atoms with van der Waals surface area (Å²) in [6, 6.07) is 11.7. The second-order valence-corrected chi connectivity index (χ2v) is 8.78. The zero-order chi connectivity index (χ0) is 19.8. The lowest BCUT2D eigenvalue weighted by atomic mass is 9.79. The van der Waals surface area contributed by atoms with Gasteiger partial charge < -0.3 is 4.90 Å². The van der Waals surface area contributed by atoms with Gasteiger partial charge in [0.25, 0.3) is 5.91 Å². The summed E-state index contributed by atoms with van der Waals surface area (Å²) in [6.45, 7) is 8.93. The quantitative estimate of drug-likeness (QED) is 0.537. The third kappa shape index (κ3) is 3.93. The second-order valence-electron chi connectivity index (χ2n) is 7.92. The minimum atomic E-state index is -0.232. The number of nitrogens with one attached hydrogen (secondary N) is 1. The molecule has 4 nitrogen and oxygen atoms in total. The van der Waals surface area contributed by atoms with Crippen molar-refractivity contribution in [2.24, 2.45) is 5.10 Å². The molecule has 1 heterocycles. The summed E-state index contributed by atoms with van der Waals surface area (Å²) in [5.74, 6) is 0.248. The van der Waals surface area contributed by atoms with Crippen LogP contribution >= 0.6 is 15.9 Å². The summed E-state index contributed by atoms with van der Waals surface area (Å²) in [5.41, 5.74) is 8.12. The van der Waals surface area contributed by atoms with Crippen molar-refractivity contribution in [1.29, 1.82) is 0 Å². The van der Waals surface area contributed by atoms with Crippen molar-refractivity contribution in [2.75, 3.05) is 11.9 Å². The number of benzene rings is 2. The Bertz CT molecular complexity index is 904. The molecule has 1 aliphatic heterocycles. The van der Waals surface area contributed by atoms with Crippen molar-refractivity contribution >= 4 is 33.7 Å². The summed E-state index contributed by atoms with van der Waals surface area (Å²) in [6.07, 6.45) is 2.84. The number of hydrogen-bond acceptors (Lipinski definition) is 3. The number of hydrazone groups is 1. The predicted molar refractivity (Wildman–Crippen MR) is 116 cm³/mol. The van der Waals surface area contributed by atoms with Gasteiger partial charge in [0.05, 0.1) is 11.8 Å². The lowest BCUT2D eigenvalue weighted by molar-refractivity contribution is 0.0954. The first-order valence-electron chi connectivity index (χ1n) is 9.17. The molecule has 0 unspecified atom stereocenters. The predicted octanol–water partition coefficient (Wildman–Crippen LogP) is 5.24. The fourth-order valence-corrected chi connectivity index (χ4v) is 4.20. The highest BCUT2D eigenvalue weighted by Crippen LogP contribution is 2.43. The molecule has 27 heavy (non-hydrogen) atoms. The Kier molecular flexibility index (Phi) is 5.43. The molecule has 1 aliphatic rings. The first-order valence-corrected chi connectivity index (χ1v) is 9.96. The number of amides is 1. The SMILES string of the molecule is Cc1cc2c(cc1/C=N\NC(=O)c1ccccc1Br)[C@@H](C)CC(C)(C)N2C. The normalized spacial score (nSPS) is 18.4. The summed E-state index contributed by atoms with van der Waals surface area (Å²) in [5, 5.41) is 4.18. The minimum Gasteiger partial charge on any atom is -0.369 e. The van der Waals surface area contributed by atoms with Crippen molar-refractivity contribution < 1.29 is 4.79 Å². The van der Waals surface area contributed by atoms with Crippen LogP contribution in [0.5, 0.6) is 0 Å². The largest absolute Gasteiger partial charge is 0.369 e. The second kappa shape index (κ2) is 7.47. The molecule has 142 valence electrons. The number of aryl methyl sites for hydroxylation is 1. The Labute approximate surface area is 169 Å². The molecular formula is C22H26BrN3O. The van der Waals surface area contributed by atoms with E-state index in [4.69, 9.17) is 0 Å². The molecule has 0 aromatic heterocycles. The minimum absolute atomic E-state index is 0.144. The Hall–Kier alpha value is -2.14. The van der Waals surface area contributed by atoms with E-state index in [2.05, 4.69) is 78.2 Å². The summed E-state index contributed by atoms with van der Waals surface area (Å²) >= 11 is 3.39. The summed E-state index contributed by atoms with van der Waals surface area (Å²) in [4.78, 5) is 14.6. The average Bonchev–Trinajstić information content (AvgIpc) is 2.60. The lowest BCUT2D eigenvalue weighted by Gasteiger charge is -2.45. The van der Waals surface area contributed by atoms with E-state index in [9.17, 15) is 4.79 Å². The standard InChI is InChI=1S/C22H26BrN3O/c1-14-10-20-18(15(2)12-22(3,4)26(20)5)11-16(14)13-24-25-21(27)17-8-6-7-9-19(17)23/h6-11,13,15H,12H2,1-5H3,(H,25,27)/b24-13-/t15-/m0/s1. The summed E-state index contributed by atoms with van der Waals surface area (Å²) in [7, 11) is 2.16. The van der Waals surface area contributed by atoms with Gasteiger partial charge in [0.2, 0.25) is 0 Å². The summed E-state index contributed by atoms with van der Waals surface area (Å²) < 4.78 is 0.752. The molecule has 1 N–H and O–H groups in total. The van der Waals surface area contributed by atoms with Crippen LogP contribution in [0.15, 0.2) is 46.0 Å². The zero-order valence-electron chi connectivity index (χ0n) is 16.5. The maximum Gasteiger partial charge on any atom is 0.272 e. The van der Waals surface area contributed by atoms with E-state index in [0.29, 0.717) is 11.5 Å². The van der Waals surface area contributed by atoms with Gasteiger partial charge in [-0.15, -0.1) is 0 Å². The van der Waals surface area contributed by atoms with Crippen LogP contribution in [0.3, 0.4) is 0 Å². The molecule has 2 aromatic carbocycles. The molecule has 0 spiro atoms. The van der Waals surface area contributed by atoms with Crippen LogP contribution < -0.4 is 10.3 Å². The molecule has 2 aromatic rings. The molecule has 0 fully saturated rings. The van der Waals surface area contributed by atoms with Gasteiger partial charge >= 0.3 is 0 Å². The van der Waals surface area contributed by atoms with E-state index in [1.165, 1.54) is 11.3 Å². The number of nitrogens with zero attached hydrogens (tertiary/aromatic N) is 2. The van der Waals surface area contributed by atoms with Gasteiger partial charge in [-0.25, -0.2) is 5.43 Å².